The highest BCUT2D eigenvalue weighted by Gasteiger charge is 2.50. The number of hydrazone groups is 1. The smallest absolute Gasteiger partial charge is 0.271 e. The summed E-state index contributed by atoms with van der Waals surface area (Å²) in [4.78, 5) is 11.9. The molecule has 1 fully saturated rings. The van der Waals surface area contributed by atoms with Gasteiger partial charge in [0.15, 0.2) is 0 Å². The SMILES string of the molecule is CC1(C)[C@H]2CC=C(C=NNC(=O)c3ccc(O)cc3)[C@H]1C2. The lowest BCUT2D eigenvalue weighted by molar-refractivity contribution is -0.00126. The molecule has 0 unspecified atom stereocenters. The van der Waals surface area contributed by atoms with Crippen molar-refractivity contribution in [1.29, 1.82) is 0 Å². The van der Waals surface area contributed by atoms with Crippen molar-refractivity contribution in [2.45, 2.75) is 26.7 Å². The third kappa shape index (κ3) is 2.46. The number of fused-ring (bicyclic) bond motifs is 1. The topological polar surface area (TPSA) is 61.7 Å². The third-order valence-electron chi connectivity index (χ3n) is 5.02. The Morgan fingerprint density at radius 1 is 1.38 bits per heavy atom. The van der Waals surface area contributed by atoms with E-state index < -0.39 is 0 Å². The minimum absolute atomic E-state index is 0.143. The van der Waals surface area contributed by atoms with Crippen LogP contribution in [0.5, 0.6) is 5.75 Å². The molecule has 1 aromatic rings. The molecule has 0 aromatic heterocycles. The molecular weight excluding hydrogens is 264 g/mol. The highest BCUT2D eigenvalue weighted by atomic mass is 16.3. The molecular formula is C17H20N2O2. The Kier molecular flexibility index (Phi) is 3.32. The maximum Gasteiger partial charge on any atom is 0.271 e. The quantitative estimate of drug-likeness (QED) is 0.662. The summed E-state index contributed by atoms with van der Waals surface area (Å²) < 4.78 is 0. The van der Waals surface area contributed by atoms with Crippen molar-refractivity contribution in [3.05, 3.63) is 41.5 Å². The fourth-order valence-corrected chi connectivity index (χ4v) is 3.39. The van der Waals surface area contributed by atoms with E-state index in [1.165, 1.54) is 24.1 Å². The van der Waals surface area contributed by atoms with Gasteiger partial charge in [-0.15, -0.1) is 0 Å². The molecule has 110 valence electrons. The van der Waals surface area contributed by atoms with Gasteiger partial charge in [0.25, 0.3) is 5.91 Å². The third-order valence-corrected chi connectivity index (χ3v) is 5.02. The summed E-state index contributed by atoms with van der Waals surface area (Å²) in [6, 6.07) is 6.11. The lowest BCUT2D eigenvalue weighted by atomic mass is 9.49. The van der Waals surface area contributed by atoms with Crippen LogP contribution in [0.15, 0.2) is 41.0 Å². The zero-order valence-corrected chi connectivity index (χ0v) is 12.3. The van der Waals surface area contributed by atoms with Gasteiger partial charge in [0.05, 0.1) is 6.21 Å². The summed E-state index contributed by atoms with van der Waals surface area (Å²) in [5.74, 6) is 1.23. The van der Waals surface area contributed by atoms with Crippen molar-refractivity contribution in [2.24, 2.45) is 22.4 Å². The number of aromatic hydroxyl groups is 1. The molecule has 1 aromatic carbocycles. The van der Waals surface area contributed by atoms with E-state index in [1.807, 2.05) is 0 Å². The zero-order chi connectivity index (χ0) is 15.0. The van der Waals surface area contributed by atoms with E-state index in [4.69, 9.17) is 0 Å². The molecule has 0 heterocycles. The van der Waals surface area contributed by atoms with Gasteiger partial charge in [0.1, 0.15) is 5.75 Å². The van der Waals surface area contributed by atoms with E-state index in [0.29, 0.717) is 16.9 Å². The van der Waals surface area contributed by atoms with Crippen LogP contribution in [0.3, 0.4) is 0 Å². The summed E-state index contributed by atoms with van der Waals surface area (Å²) in [7, 11) is 0. The number of carbonyl (C=O) groups is 1. The minimum atomic E-state index is -0.270. The molecule has 2 N–H and O–H groups in total. The Hall–Kier alpha value is -2.10. The zero-order valence-electron chi connectivity index (χ0n) is 12.3. The second kappa shape index (κ2) is 5.02. The molecule has 21 heavy (non-hydrogen) atoms. The monoisotopic (exact) mass is 284 g/mol. The number of hydrogen-bond donors (Lipinski definition) is 2. The molecule has 0 radical (unpaired) electrons. The number of nitrogens with zero attached hydrogens (tertiary/aromatic N) is 1. The molecule has 0 aliphatic heterocycles. The van der Waals surface area contributed by atoms with Gasteiger partial charge in [0, 0.05) is 5.56 Å². The Bertz CT molecular complexity index is 614. The van der Waals surface area contributed by atoms with Crippen LogP contribution in [0.2, 0.25) is 0 Å². The van der Waals surface area contributed by atoms with Gasteiger partial charge < -0.3 is 5.11 Å². The second-order valence-electron chi connectivity index (χ2n) is 6.49. The van der Waals surface area contributed by atoms with Gasteiger partial charge >= 0.3 is 0 Å². The number of carbonyl (C=O) groups excluding carboxylic acids is 1. The Labute approximate surface area is 124 Å². The van der Waals surface area contributed by atoms with Gasteiger partial charge in [-0.05, 0) is 59.9 Å². The number of hydrogen-bond acceptors (Lipinski definition) is 3. The van der Waals surface area contributed by atoms with Crippen molar-refractivity contribution in [1.82, 2.24) is 5.43 Å². The van der Waals surface area contributed by atoms with Crippen LogP contribution in [0.1, 0.15) is 37.0 Å². The number of phenolic OH excluding ortho intramolecular Hbond substituents is 1. The molecule has 2 bridgehead atoms. The first kappa shape index (κ1) is 13.9. The van der Waals surface area contributed by atoms with Crippen LogP contribution in [-0.4, -0.2) is 17.2 Å². The van der Waals surface area contributed by atoms with Crippen molar-refractivity contribution >= 4 is 12.1 Å². The van der Waals surface area contributed by atoms with Gasteiger partial charge in [0.2, 0.25) is 0 Å². The number of benzene rings is 1. The van der Waals surface area contributed by atoms with Crippen LogP contribution in [0, 0.1) is 17.3 Å². The molecule has 1 amide bonds. The summed E-state index contributed by atoms with van der Waals surface area (Å²) in [5, 5.41) is 13.3. The van der Waals surface area contributed by atoms with E-state index in [0.717, 1.165) is 12.3 Å². The Balaban J connectivity index is 1.61. The van der Waals surface area contributed by atoms with Gasteiger partial charge in [-0.3, -0.25) is 4.79 Å². The molecule has 4 rings (SSSR count). The van der Waals surface area contributed by atoms with Crippen LogP contribution >= 0.6 is 0 Å². The van der Waals surface area contributed by atoms with E-state index in [-0.39, 0.29) is 11.7 Å². The number of nitrogens with one attached hydrogen (secondary N) is 1. The molecule has 3 aliphatic rings. The predicted molar refractivity (Wildman–Crippen MR) is 82.1 cm³/mol. The van der Waals surface area contributed by atoms with Crippen molar-refractivity contribution in [3.63, 3.8) is 0 Å². The minimum Gasteiger partial charge on any atom is -0.508 e. The van der Waals surface area contributed by atoms with Crippen LogP contribution in [-0.2, 0) is 0 Å². The maximum absolute atomic E-state index is 11.9. The Morgan fingerprint density at radius 2 is 2.10 bits per heavy atom. The highest BCUT2D eigenvalue weighted by molar-refractivity contribution is 5.95. The van der Waals surface area contributed by atoms with E-state index in [1.54, 1.807) is 18.3 Å². The molecule has 0 spiro atoms. The fraction of sp³-hybridized carbons (Fsp3) is 0.412. The lowest BCUT2D eigenvalue weighted by Crippen LogP contribution is -2.48. The lowest BCUT2D eigenvalue weighted by Gasteiger charge is -2.55. The predicted octanol–water partition coefficient (Wildman–Crippen LogP) is 3.10. The largest absolute Gasteiger partial charge is 0.508 e. The number of phenols is 1. The van der Waals surface area contributed by atoms with Gasteiger partial charge in [-0.1, -0.05) is 19.9 Å². The second-order valence-corrected chi connectivity index (χ2v) is 6.49. The molecule has 4 heteroatoms. The molecule has 3 aliphatic carbocycles. The summed E-state index contributed by atoms with van der Waals surface area (Å²) in [6.45, 7) is 4.61. The first-order valence-electron chi connectivity index (χ1n) is 7.31. The average molecular weight is 284 g/mol. The van der Waals surface area contributed by atoms with Crippen molar-refractivity contribution < 1.29 is 9.90 Å². The standard InChI is InChI=1S/C17H20N2O2/c1-17(2)13-6-3-12(15(17)9-13)10-18-19-16(21)11-4-7-14(20)8-5-11/h3-5,7-8,10,13,15,20H,6,9H2,1-2H3,(H,19,21)/t13-,15+/m0/s1. The normalized spacial score (nSPS) is 26.1. The van der Waals surface area contributed by atoms with E-state index >= 15 is 0 Å². The van der Waals surface area contributed by atoms with Gasteiger partial charge in [-0.25, -0.2) is 5.43 Å². The number of rotatable bonds is 3. The first-order valence-corrected chi connectivity index (χ1v) is 7.31. The molecule has 4 nitrogen and oxygen atoms in total. The van der Waals surface area contributed by atoms with Crippen molar-refractivity contribution in [3.8, 4) is 5.75 Å². The van der Waals surface area contributed by atoms with Crippen LogP contribution in [0.4, 0.5) is 0 Å². The molecule has 2 atom stereocenters. The molecule has 0 saturated heterocycles. The van der Waals surface area contributed by atoms with E-state index in [2.05, 4.69) is 30.5 Å². The summed E-state index contributed by atoms with van der Waals surface area (Å²) >= 11 is 0. The average Bonchev–Trinajstić information content (AvgIpc) is 2.47. The van der Waals surface area contributed by atoms with Crippen molar-refractivity contribution in [2.75, 3.05) is 0 Å². The van der Waals surface area contributed by atoms with Gasteiger partial charge in [-0.2, -0.15) is 5.10 Å². The Morgan fingerprint density at radius 3 is 2.71 bits per heavy atom. The number of allylic oxidation sites excluding steroid dienone is 2. The maximum atomic E-state index is 11.9. The van der Waals surface area contributed by atoms with E-state index in [9.17, 15) is 9.90 Å². The molecule has 1 saturated carbocycles. The first-order chi connectivity index (χ1) is 9.98. The fourth-order valence-electron chi connectivity index (χ4n) is 3.39. The number of amides is 1. The summed E-state index contributed by atoms with van der Waals surface area (Å²) in [6.07, 6.45) is 6.36. The highest BCUT2D eigenvalue weighted by Crippen LogP contribution is 2.58. The van der Waals surface area contributed by atoms with Crippen LogP contribution < -0.4 is 5.43 Å². The van der Waals surface area contributed by atoms with Crippen LogP contribution in [0.25, 0.3) is 0 Å². The summed E-state index contributed by atoms with van der Waals surface area (Å²) in [5.41, 5.74) is 4.61.